The molecule has 2 N–H and O–H groups in total. The van der Waals surface area contributed by atoms with E-state index in [2.05, 4.69) is 15.0 Å². The predicted octanol–water partition coefficient (Wildman–Crippen LogP) is 2.24. The molecule has 0 aliphatic rings. The zero-order chi connectivity index (χ0) is 14.1. The summed E-state index contributed by atoms with van der Waals surface area (Å²) >= 11 is 5.11. The van der Waals surface area contributed by atoms with Crippen molar-refractivity contribution in [1.29, 1.82) is 0 Å². The van der Waals surface area contributed by atoms with Gasteiger partial charge in [-0.25, -0.2) is 14.8 Å². The minimum Gasteiger partial charge on any atom is -0.478 e. The van der Waals surface area contributed by atoms with Gasteiger partial charge < -0.3 is 14.7 Å². The first-order chi connectivity index (χ1) is 9.65. The van der Waals surface area contributed by atoms with Gasteiger partial charge in [-0.15, -0.1) is 0 Å². The molecule has 7 heteroatoms. The molecule has 0 unspecified atom stereocenters. The molecule has 0 spiro atoms. The third-order valence-electron chi connectivity index (χ3n) is 2.98. The molecule has 100 valence electrons. The van der Waals surface area contributed by atoms with Crippen molar-refractivity contribution in [1.82, 2.24) is 19.5 Å². The fourth-order valence-electron chi connectivity index (χ4n) is 1.97. The van der Waals surface area contributed by atoms with E-state index in [1.54, 1.807) is 30.6 Å². The maximum atomic E-state index is 10.8. The minimum atomic E-state index is -0.931. The number of hydrogen-bond acceptors (Lipinski definition) is 4. The van der Waals surface area contributed by atoms with E-state index >= 15 is 0 Å². The van der Waals surface area contributed by atoms with Gasteiger partial charge in [0.05, 0.1) is 24.8 Å². The van der Waals surface area contributed by atoms with Crippen LogP contribution in [0, 0.1) is 4.64 Å². The van der Waals surface area contributed by atoms with Crippen molar-refractivity contribution in [2.75, 3.05) is 0 Å². The standard InChI is InChI=1S/C13H10N4O2S/c18-13(19)9-3-1-8(2-4-9)5-17-7-16-10-11(17)14-6-15-12(10)20/h1-4,6-7H,5H2,(H,18,19)(H,14,15,20). The maximum absolute atomic E-state index is 10.8. The van der Waals surface area contributed by atoms with E-state index in [4.69, 9.17) is 17.3 Å². The highest BCUT2D eigenvalue weighted by Crippen LogP contribution is 2.13. The molecule has 2 heterocycles. The molecule has 0 atom stereocenters. The Morgan fingerprint density at radius 3 is 2.75 bits per heavy atom. The van der Waals surface area contributed by atoms with Gasteiger partial charge in [-0.3, -0.25) is 0 Å². The Hall–Kier alpha value is -2.54. The summed E-state index contributed by atoms with van der Waals surface area (Å²) in [4.78, 5) is 22.0. The third kappa shape index (κ3) is 2.19. The number of fused-ring (bicyclic) bond motifs is 1. The van der Waals surface area contributed by atoms with Crippen molar-refractivity contribution < 1.29 is 9.90 Å². The lowest BCUT2D eigenvalue weighted by Gasteiger charge is -2.04. The van der Waals surface area contributed by atoms with Gasteiger partial charge in [-0.1, -0.05) is 24.4 Å². The highest BCUT2D eigenvalue weighted by molar-refractivity contribution is 7.71. The van der Waals surface area contributed by atoms with Crippen LogP contribution in [0.4, 0.5) is 0 Å². The molecule has 1 aromatic carbocycles. The summed E-state index contributed by atoms with van der Waals surface area (Å²) in [6, 6.07) is 6.73. The van der Waals surface area contributed by atoms with Gasteiger partial charge in [0, 0.05) is 0 Å². The second-order valence-corrected chi connectivity index (χ2v) is 4.67. The summed E-state index contributed by atoms with van der Waals surface area (Å²) in [5.74, 6) is -0.931. The lowest BCUT2D eigenvalue weighted by atomic mass is 10.1. The van der Waals surface area contributed by atoms with E-state index in [1.165, 1.54) is 6.33 Å². The van der Waals surface area contributed by atoms with Crippen LogP contribution < -0.4 is 0 Å². The van der Waals surface area contributed by atoms with Crippen molar-refractivity contribution in [3.63, 3.8) is 0 Å². The number of aromatic carboxylic acids is 1. The Morgan fingerprint density at radius 2 is 2.05 bits per heavy atom. The van der Waals surface area contributed by atoms with Crippen molar-refractivity contribution in [2.24, 2.45) is 0 Å². The largest absolute Gasteiger partial charge is 0.478 e. The average Bonchev–Trinajstić information content (AvgIpc) is 2.84. The number of aromatic amines is 1. The molecule has 3 aromatic rings. The van der Waals surface area contributed by atoms with Crippen LogP contribution in [-0.2, 0) is 6.54 Å². The summed E-state index contributed by atoms with van der Waals surface area (Å²) < 4.78 is 2.36. The number of carboxylic acid groups (broad SMARTS) is 1. The number of rotatable bonds is 3. The summed E-state index contributed by atoms with van der Waals surface area (Å²) in [5, 5.41) is 8.87. The Kier molecular flexibility index (Phi) is 3.03. The first-order valence-electron chi connectivity index (χ1n) is 5.86. The Labute approximate surface area is 118 Å². The van der Waals surface area contributed by atoms with E-state index in [0.717, 1.165) is 11.2 Å². The van der Waals surface area contributed by atoms with Gasteiger partial charge in [0.25, 0.3) is 0 Å². The van der Waals surface area contributed by atoms with Crippen LogP contribution in [0.25, 0.3) is 11.2 Å². The quantitative estimate of drug-likeness (QED) is 0.721. The molecule has 0 bridgehead atoms. The molecule has 0 saturated heterocycles. The van der Waals surface area contributed by atoms with Crippen LogP contribution >= 0.6 is 12.2 Å². The predicted molar refractivity (Wildman–Crippen MR) is 75.2 cm³/mol. The van der Waals surface area contributed by atoms with Crippen molar-refractivity contribution >= 4 is 29.4 Å². The van der Waals surface area contributed by atoms with E-state index < -0.39 is 5.97 Å². The Morgan fingerprint density at radius 1 is 1.30 bits per heavy atom. The smallest absolute Gasteiger partial charge is 0.335 e. The second kappa shape index (κ2) is 4.86. The summed E-state index contributed by atoms with van der Waals surface area (Å²) in [5.41, 5.74) is 2.70. The lowest BCUT2D eigenvalue weighted by molar-refractivity contribution is 0.0697. The molecule has 0 radical (unpaired) electrons. The second-order valence-electron chi connectivity index (χ2n) is 4.28. The number of H-pyrrole nitrogens is 1. The molecule has 0 aliphatic heterocycles. The number of nitrogens with zero attached hydrogens (tertiary/aromatic N) is 3. The molecule has 3 rings (SSSR count). The fraction of sp³-hybridized carbons (Fsp3) is 0.0769. The van der Waals surface area contributed by atoms with Gasteiger partial charge in [0.1, 0.15) is 11.2 Å². The number of aromatic nitrogens is 4. The highest BCUT2D eigenvalue weighted by atomic mass is 32.1. The Balaban J connectivity index is 1.95. The van der Waals surface area contributed by atoms with Gasteiger partial charge in [0.15, 0.2) is 4.64 Å². The molecule has 0 fully saturated rings. The summed E-state index contributed by atoms with van der Waals surface area (Å²) in [6.45, 7) is 0.575. The number of nitrogens with one attached hydrogen (secondary N) is 1. The normalized spacial score (nSPS) is 10.8. The highest BCUT2D eigenvalue weighted by Gasteiger charge is 2.06. The molecule has 6 nitrogen and oxygen atoms in total. The minimum absolute atomic E-state index is 0.271. The molecule has 0 saturated carbocycles. The monoisotopic (exact) mass is 286 g/mol. The third-order valence-corrected chi connectivity index (χ3v) is 3.28. The molecular weight excluding hydrogens is 276 g/mol. The van der Waals surface area contributed by atoms with Crippen LogP contribution in [0.3, 0.4) is 0 Å². The Bertz CT molecular complexity index is 835. The summed E-state index contributed by atoms with van der Waals surface area (Å²) in [7, 11) is 0. The van der Waals surface area contributed by atoms with E-state index in [-0.39, 0.29) is 5.56 Å². The number of hydrogen-bond donors (Lipinski definition) is 2. The molecule has 0 amide bonds. The van der Waals surface area contributed by atoms with E-state index in [9.17, 15) is 4.79 Å². The van der Waals surface area contributed by atoms with Crippen molar-refractivity contribution in [2.45, 2.75) is 6.54 Å². The SMILES string of the molecule is O=C(O)c1ccc(Cn2cnc3c(=S)nc[nH]c32)cc1. The first-order valence-corrected chi connectivity index (χ1v) is 6.27. The van der Waals surface area contributed by atoms with E-state index in [1.807, 2.05) is 4.57 Å². The van der Waals surface area contributed by atoms with Crippen LogP contribution in [-0.4, -0.2) is 30.6 Å². The molecule has 2 aromatic heterocycles. The van der Waals surface area contributed by atoms with Crippen LogP contribution in [0.2, 0.25) is 0 Å². The number of carbonyl (C=O) groups is 1. The van der Waals surface area contributed by atoms with Gasteiger partial charge >= 0.3 is 5.97 Å². The summed E-state index contributed by atoms with van der Waals surface area (Å²) in [6.07, 6.45) is 3.22. The zero-order valence-electron chi connectivity index (χ0n) is 10.3. The number of carboxylic acids is 1. The van der Waals surface area contributed by atoms with Crippen LogP contribution in [0.5, 0.6) is 0 Å². The lowest BCUT2D eigenvalue weighted by Crippen LogP contribution is -2.01. The van der Waals surface area contributed by atoms with Crippen molar-refractivity contribution in [3.8, 4) is 0 Å². The van der Waals surface area contributed by atoms with Crippen LogP contribution in [0.15, 0.2) is 36.9 Å². The van der Waals surface area contributed by atoms with Gasteiger partial charge in [0.2, 0.25) is 0 Å². The van der Waals surface area contributed by atoms with Crippen molar-refractivity contribution in [3.05, 3.63) is 52.7 Å². The zero-order valence-corrected chi connectivity index (χ0v) is 11.1. The van der Waals surface area contributed by atoms with E-state index in [0.29, 0.717) is 16.7 Å². The topological polar surface area (TPSA) is 83.8 Å². The molecule has 0 aliphatic carbocycles. The fourth-order valence-corrected chi connectivity index (χ4v) is 2.17. The van der Waals surface area contributed by atoms with Crippen LogP contribution in [0.1, 0.15) is 15.9 Å². The number of imidazole rings is 1. The average molecular weight is 286 g/mol. The van der Waals surface area contributed by atoms with Gasteiger partial charge in [-0.05, 0) is 17.7 Å². The van der Waals surface area contributed by atoms with Gasteiger partial charge in [-0.2, -0.15) is 0 Å². The maximum Gasteiger partial charge on any atom is 0.335 e. The molecule has 20 heavy (non-hydrogen) atoms. The first kappa shape index (κ1) is 12.5. The molecular formula is C13H10N4O2S. The number of benzene rings is 1.